The summed E-state index contributed by atoms with van der Waals surface area (Å²) >= 11 is 0. The quantitative estimate of drug-likeness (QED) is 0.242. The van der Waals surface area contributed by atoms with Gasteiger partial charge in [0.1, 0.15) is 6.79 Å². The summed E-state index contributed by atoms with van der Waals surface area (Å²) in [4.78, 5) is 0. The van der Waals surface area contributed by atoms with Gasteiger partial charge in [0.2, 0.25) is 0 Å². The monoisotopic (exact) mass is 328 g/mol. The Morgan fingerprint density at radius 2 is 1.22 bits per heavy atom. The lowest BCUT2D eigenvalue weighted by molar-refractivity contribution is -0.0570. The van der Waals surface area contributed by atoms with Crippen molar-refractivity contribution in [2.24, 2.45) is 11.8 Å². The highest BCUT2D eigenvalue weighted by Gasteiger charge is 2.32. The van der Waals surface area contributed by atoms with Crippen molar-refractivity contribution in [2.45, 2.75) is 77.4 Å². The van der Waals surface area contributed by atoms with Crippen LogP contribution in [0.2, 0.25) is 0 Å². The second-order valence-corrected chi connectivity index (χ2v) is 7.06. The molecule has 0 amide bonds. The fraction of sp³-hybridized carbons (Fsp3) is 1.00. The molecule has 0 N–H and O–H groups in total. The van der Waals surface area contributed by atoms with Crippen LogP contribution in [-0.4, -0.2) is 45.4 Å². The van der Waals surface area contributed by atoms with Gasteiger partial charge in [0.25, 0.3) is 0 Å². The predicted molar refractivity (Wildman–Crippen MR) is 91.5 cm³/mol. The highest BCUT2D eigenvalue weighted by molar-refractivity contribution is 4.79. The Labute approximate surface area is 142 Å². The van der Waals surface area contributed by atoms with E-state index in [1.165, 1.54) is 38.5 Å². The molecule has 136 valence electrons. The summed E-state index contributed by atoms with van der Waals surface area (Å²) in [5.41, 5.74) is 0. The van der Waals surface area contributed by atoms with Gasteiger partial charge in [-0.1, -0.05) is 26.7 Å². The number of hydrogen-bond acceptors (Lipinski definition) is 4. The lowest BCUT2D eigenvalue weighted by Gasteiger charge is -2.14. The zero-order chi connectivity index (χ0) is 16.3. The molecule has 0 aliphatic carbocycles. The van der Waals surface area contributed by atoms with Crippen molar-refractivity contribution >= 4 is 0 Å². The molecule has 0 aromatic heterocycles. The van der Waals surface area contributed by atoms with Gasteiger partial charge >= 0.3 is 0 Å². The SMILES string of the molecule is CCCC(CCCOCOCCCC(CCC)C1CO1)C1CO1. The van der Waals surface area contributed by atoms with Crippen LogP contribution in [0.25, 0.3) is 0 Å². The van der Waals surface area contributed by atoms with Gasteiger partial charge in [-0.25, -0.2) is 0 Å². The van der Waals surface area contributed by atoms with E-state index in [1.807, 2.05) is 0 Å². The highest BCUT2D eigenvalue weighted by Crippen LogP contribution is 2.29. The van der Waals surface area contributed by atoms with Gasteiger partial charge < -0.3 is 18.9 Å². The van der Waals surface area contributed by atoms with Crippen LogP contribution in [0.1, 0.15) is 65.2 Å². The second-order valence-electron chi connectivity index (χ2n) is 7.06. The maximum Gasteiger partial charge on any atom is 0.146 e. The van der Waals surface area contributed by atoms with E-state index >= 15 is 0 Å². The first-order valence-corrected chi connectivity index (χ1v) is 9.73. The van der Waals surface area contributed by atoms with E-state index in [0.29, 0.717) is 19.0 Å². The molecule has 4 atom stereocenters. The van der Waals surface area contributed by atoms with E-state index in [-0.39, 0.29) is 0 Å². The Hall–Kier alpha value is -0.160. The molecule has 4 heteroatoms. The topological polar surface area (TPSA) is 43.5 Å². The Kier molecular flexibility index (Phi) is 9.50. The van der Waals surface area contributed by atoms with E-state index in [9.17, 15) is 0 Å². The number of hydrogen-bond donors (Lipinski definition) is 0. The third kappa shape index (κ3) is 8.48. The molecular formula is C19H36O4. The molecule has 2 aliphatic rings. The third-order valence-corrected chi connectivity index (χ3v) is 4.98. The molecule has 4 unspecified atom stereocenters. The van der Waals surface area contributed by atoms with E-state index < -0.39 is 0 Å². The number of epoxide rings is 2. The van der Waals surface area contributed by atoms with Crippen LogP contribution >= 0.6 is 0 Å². The van der Waals surface area contributed by atoms with E-state index in [1.54, 1.807) is 0 Å². The Morgan fingerprint density at radius 3 is 1.57 bits per heavy atom. The molecule has 4 nitrogen and oxygen atoms in total. The Morgan fingerprint density at radius 1 is 0.783 bits per heavy atom. The fourth-order valence-corrected chi connectivity index (χ4v) is 3.50. The van der Waals surface area contributed by atoms with Crippen LogP contribution < -0.4 is 0 Å². The summed E-state index contributed by atoms with van der Waals surface area (Å²) in [5, 5.41) is 0. The summed E-state index contributed by atoms with van der Waals surface area (Å²) in [6.07, 6.45) is 10.8. The van der Waals surface area contributed by atoms with Crippen molar-refractivity contribution < 1.29 is 18.9 Å². The van der Waals surface area contributed by atoms with Crippen molar-refractivity contribution in [1.82, 2.24) is 0 Å². The second kappa shape index (κ2) is 11.4. The normalized spacial score (nSPS) is 25.3. The van der Waals surface area contributed by atoms with Gasteiger partial charge in [0.05, 0.1) is 25.4 Å². The van der Waals surface area contributed by atoms with Crippen molar-refractivity contribution in [3.63, 3.8) is 0 Å². The minimum absolute atomic E-state index is 0.441. The lowest BCUT2D eigenvalue weighted by atomic mass is 9.95. The van der Waals surface area contributed by atoms with Crippen LogP contribution in [0.3, 0.4) is 0 Å². The largest absolute Gasteiger partial charge is 0.373 e. The summed E-state index contributed by atoms with van der Waals surface area (Å²) in [7, 11) is 0. The molecule has 0 radical (unpaired) electrons. The van der Waals surface area contributed by atoms with Gasteiger partial charge in [0.15, 0.2) is 0 Å². The fourth-order valence-electron chi connectivity index (χ4n) is 3.50. The summed E-state index contributed by atoms with van der Waals surface area (Å²) in [6, 6.07) is 0. The van der Waals surface area contributed by atoms with Crippen molar-refractivity contribution in [1.29, 1.82) is 0 Å². The molecule has 2 saturated heterocycles. The average molecular weight is 328 g/mol. The third-order valence-electron chi connectivity index (χ3n) is 4.98. The van der Waals surface area contributed by atoms with Crippen LogP contribution in [0.15, 0.2) is 0 Å². The van der Waals surface area contributed by atoms with Crippen molar-refractivity contribution in [3.8, 4) is 0 Å². The Balaban J connectivity index is 1.36. The highest BCUT2D eigenvalue weighted by atomic mass is 16.7. The molecule has 2 fully saturated rings. The average Bonchev–Trinajstić information content (AvgIpc) is 3.43. The summed E-state index contributed by atoms with van der Waals surface area (Å²) in [6.45, 7) is 8.50. The van der Waals surface area contributed by atoms with Gasteiger partial charge in [0, 0.05) is 13.2 Å². The molecule has 0 bridgehead atoms. The smallest absolute Gasteiger partial charge is 0.146 e. The Bertz CT molecular complexity index is 261. The van der Waals surface area contributed by atoms with Crippen molar-refractivity contribution in [2.75, 3.05) is 33.2 Å². The van der Waals surface area contributed by atoms with E-state index in [2.05, 4.69) is 13.8 Å². The zero-order valence-electron chi connectivity index (χ0n) is 15.1. The molecule has 2 heterocycles. The minimum Gasteiger partial charge on any atom is -0.373 e. The van der Waals surface area contributed by atoms with Gasteiger partial charge in [-0.05, 0) is 50.4 Å². The van der Waals surface area contributed by atoms with E-state index in [0.717, 1.165) is 51.1 Å². The first kappa shape index (κ1) is 19.2. The molecule has 0 saturated carbocycles. The van der Waals surface area contributed by atoms with Crippen LogP contribution in [0, 0.1) is 11.8 Å². The molecule has 0 aromatic rings. The first-order chi connectivity index (χ1) is 11.3. The van der Waals surface area contributed by atoms with E-state index in [4.69, 9.17) is 18.9 Å². The standard InChI is InChI=1S/C19H36O4/c1-3-7-16(18-13-22-18)9-5-11-20-15-21-12-6-10-17(8-4-2)19-14-23-19/h16-19H,3-15H2,1-2H3. The molecular weight excluding hydrogens is 292 g/mol. The van der Waals surface area contributed by atoms with Gasteiger partial charge in [-0.2, -0.15) is 0 Å². The van der Waals surface area contributed by atoms with Crippen LogP contribution in [-0.2, 0) is 18.9 Å². The van der Waals surface area contributed by atoms with Gasteiger partial charge in [-0.3, -0.25) is 0 Å². The number of ether oxygens (including phenoxy) is 4. The van der Waals surface area contributed by atoms with Crippen molar-refractivity contribution in [3.05, 3.63) is 0 Å². The zero-order valence-corrected chi connectivity index (χ0v) is 15.1. The molecule has 2 rings (SSSR count). The first-order valence-electron chi connectivity index (χ1n) is 9.73. The maximum absolute atomic E-state index is 5.59. The lowest BCUT2D eigenvalue weighted by Crippen LogP contribution is -2.11. The van der Waals surface area contributed by atoms with Crippen LogP contribution in [0.4, 0.5) is 0 Å². The maximum atomic E-state index is 5.59. The molecule has 23 heavy (non-hydrogen) atoms. The molecule has 0 aromatic carbocycles. The molecule has 0 spiro atoms. The summed E-state index contributed by atoms with van der Waals surface area (Å²) < 4.78 is 22.0. The minimum atomic E-state index is 0.441. The number of rotatable bonds is 16. The van der Waals surface area contributed by atoms with Gasteiger partial charge in [-0.15, -0.1) is 0 Å². The van der Waals surface area contributed by atoms with Crippen LogP contribution in [0.5, 0.6) is 0 Å². The summed E-state index contributed by atoms with van der Waals surface area (Å²) in [5.74, 6) is 1.48. The predicted octanol–water partition coefficient (Wildman–Crippen LogP) is 4.17. The molecule has 2 aliphatic heterocycles.